The molecule has 0 saturated carbocycles. The molecule has 4 rings (SSSR count). The number of pyridine rings is 1. The van der Waals surface area contributed by atoms with E-state index >= 15 is 0 Å². The third kappa shape index (κ3) is 2.75. The van der Waals surface area contributed by atoms with E-state index < -0.39 is 0 Å². The van der Waals surface area contributed by atoms with Gasteiger partial charge in [-0.3, -0.25) is 0 Å². The highest BCUT2D eigenvalue weighted by Crippen LogP contribution is 2.27. The van der Waals surface area contributed by atoms with Crippen molar-refractivity contribution in [3.8, 4) is 0 Å². The average molecular weight is 300 g/mol. The lowest BCUT2D eigenvalue weighted by molar-refractivity contribution is 0.00589. The third-order valence-corrected chi connectivity index (χ3v) is 4.86. The first-order valence-corrected chi connectivity index (χ1v) is 8.55. The highest BCUT2D eigenvalue weighted by molar-refractivity contribution is 5.71. The molecule has 22 heavy (non-hydrogen) atoms. The van der Waals surface area contributed by atoms with Gasteiger partial charge in [0, 0.05) is 25.3 Å². The molecule has 2 aromatic rings. The quantitative estimate of drug-likeness (QED) is 0.946. The lowest BCUT2D eigenvalue weighted by Crippen LogP contribution is -2.31. The van der Waals surface area contributed by atoms with Crippen molar-refractivity contribution in [2.75, 3.05) is 19.7 Å². The highest BCUT2D eigenvalue weighted by Gasteiger charge is 2.25. The van der Waals surface area contributed by atoms with Crippen LogP contribution in [0.4, 0.5) is 0 Å². The Morgan fingerprint density at radius 1 is 1.27 bits per heavy atom. The third-order valence-electron chi connectivity index (χ3n) is 4.86. The van der Waals surface area contributed by atoms with Gasteiger partial charge >= 0.3 is 0 Å². The second kappa shape index (κ2) is 6.34. The Morgan fingerprint density at radius 3 is 3.09 bits per heavy atom. The van der Waals surface area contributed by atoms with Crippen LogP contribution in [0.5, 0.6) is 0 Å². The molecule has 0 bridgehead atoms. The Morgan fingerprint density at radius 2 is 2.27 bits per heavy atom. The molecule has 0 aromatic carbocycles. The van der Waals surface area contributed by atoms with Gasteiger partial charge in [0.1, 0.15) is 11.3 Å². The number of fused-ring (bicyclic) bond motifs is 1. The number of piperidine rings is 1. The minimum Gasteiger partial charge on any atom is -0.376 e. The first kappa shape index (κ1) is 14.2. The molecule has 2 atom stereocenters. The molecular formula is C17H24N4O. The van der Waals surface area contributed by atoms with E-state index in [1.165, 1.54) is 31.5 Å². The van der Waals surface area contributed by atoms with Gasteiger partial charge in [0.25, 0.3) is 0 Å². The molecule has 0 spiro atoms. The Balaban J connectivity index is 1.69. The number of rotatable bonds is 3. The molecule has 118 valence electrons. The van der Waals surface area contributed by atoms with Crippen LogP contribution in [0, 0.1) is 0 Å². The zero-order valence-corrected chi connectivity index (χ0v) is 13.0. The van der Waals surface area contributed by atoms with Gasteiger partial charge in [0.05, 0.1) is 12.6 Å². The number of imidazole rings is 1. The van der Waals surface area contributed by atoms with Crippen molar-refractivity contribution in [1.29, 1.82) is 0 Å². The van der Waals surface area contributed by atoms with Crippen LogP contribution in [0.2, 0.25) is 0 Å². The van der Waals surface area contributed by atoms with Crippen molar-refractivity contribution in [2.24, 2.45) is 0 Å². The second-order valence-electron chi connectivity index (χ2n) is 6.46. The van der Waals surface area contributed by atoms with Crippen molar-refractivity contribution in [3.05, 3.63) is 24.2 Å². The maximum Gasteiger partial charge on any atom is 0.160 e. The Kier molecular flexibility index (Phi) is 4.08. The summed E-state index contributed by atoms with van der Waals surface area (Å²) < 4.78 is 8.27. The zero-order chi connectivity index (χ0) is 14.8. The summed E-state index contributed by atoms with van der Waals surface area (Å²) in [5, 5.41) is 3.50. The first-order valence-electron chi connectivity index (χ1n) is 8.55. The second-order valence-corrected chi connectivity index (χ2v) is 6.46. The van der Waals surface area contributed by atoms with Crippen molar-refractivity contribution in [1.82, 2.24) is 19.9 Å². The van der Waals surface area contributed by atoms with Crippen LogP contribution in [-0.4, -0.2) is 40.3 Å². The lowest BCUT2D eigenvalue weighted by Gasteiger charge is -2.27. The molecule has 2 unspecified atom stereocenters. The SMILES string of the molecule is c1cnc2c(c1)nc(C1CCCNC1)n2CC1CCCCO1. The molecule has 2 fully saturated rings. The van der Waals surface area contributed by atoms with Gasteiger partial charge in [-0.05, 0) is 50.8 Å². The summed E-state index contributed by atoms with van der Waals surface area (Å²) in [5.74, 6) is 1.68. The van der Waals surface area contributed by atoms with Crippen LogP contribution >= 0.6 is 0 Å². The van der Waals surface area contributed by atoms with Crippen LogP contribution in [0.1, 0.15) is 43.8 Å². The van der Waals surface area contributed by atoms with Crippen LogP contribution in [-0.2, 0) is 11.3 Å². The van der Waals surface area contributed by atoms with Crippen molar-refractivity contribution >= 4 is 11.2 Å². The monoisotopic (exact) mass is 300 g/mol. The maximum absolute atomic E-state index is 5.95. The molecule has 2 aliphatic heterocycles. The standard InChI is InChI=1S/C17H24N4O/c1-2-10-22-14(6-1)12-21-16(13-5-3-8-18-11-13)20-15-7-4-9-19-17(15)21/h4,7,9,13-14,18H,1-3,5-6,8,10-12H2. The summed E-state index contributed by atoms with van der Waals surface area (Å²) in [5.41, 5.74) is 2.02. The summed E-state index contributed by atoms with van der Waals surface area (Å²) in [6.45, 7) is 3.93. The molecule has 0 amide bonds. The van der Waals surface area contributed by atoms with Crippen molar-refractivity contribution < 1.29 is 4.74 Å². The van der Waals surface area contributed by atoms with Gasteiger partial charge in [-0.15, -0.1) is 0 Å². The van der Waals surface area contributed by atoms with Gasteiger partial charge in [0.15, 0.2) is 5.65 Å². The molecule has 2 aliphatic rings. The minimum absolute atomic E-state index is 0.309. The molecule has 5 nitrogen and oxygen atoms in total. The van der Waals surface area contributed by atoms with E-state index in [1.807, 2.05) is 12.3 Å². The number of ether oxygens (including phenoxy) is 1. The predicted octanol–water partition coefficient (Wildman–Crippen LogP) is 2.47. The van der Waals surface area contributed by atoms with E-state index in [0.717, 1.165) is 43.8 Å². The zero-order valence-electron chi connectivity index (χ0n) is 13.0. The van der Waals surface area contributed by atoms with Crippen LogP contribution < -0.4 is 5.32 Å². The van der Waals surface area contributed by atoms with Crippen LogP contribution in [0.15, 0.2) is 18.3 Å². The van der Waals surface area contributed by atoms with E-state index in [1.54, 1.807) is 0 Å². The molecule has 2 aromatic heterocycles. The van der Waals surface area contributed by atoms with E-state index in [2.05, 4.69) is 20.9 Å². The Bertz CT molecular complexity index is 627. The summed E-state index contributed by atoms with van der Waals surface area (Å²) in [6.07, 6.45) is 8.22. The van der Waals surface area contributed by atoms with Gasteiger partial charge in [0.2, 0.25) is 0 Å². The number of nitrogens with one attached hydrogen (secondary N) is 1. The van der Waals surface area contributed by atoms with Crippen molar-refractivity contribution in [2.45, 2.75) is 50.7 Å². The van der Waals surface area contributed by atoms with E-state index in [4.69, 9.17) is 9.72 Å². The number of aromatic nitrogens is 3. The number of hydrogen-bond donors (Lipinski definition) is 1. The molecule has 5 heteroatoms. The fourth-order valence-corrected chi connectivity index (χ4v) is 3.69. The predicted molar refractivity (Wildman–Crippen MR) is 86.0 cm³/mol. The first-order chi connectivity index (χ1) is 10.9. The number of hydrogen-bond acceptors (Lipinski definition) is 4. The lowest BCUT2D eigenvalue weighted by atomic mass is 9.98. The van der Waals surface area contributed by atoms with Crippen molar-refractivity contribution in [3.63, 3.8) is 0 Å². The maximum atomic E-state index is 5.95. The van der Waals surface area contributed by atoms with Gasteiger partial charge in [-0.1, -0.05) is 0 Å². The average Bonchev–Trinajstić information content (AvgIpc) is 2.95. The normalized spacial score (nSPS) is 26.4. The summed E-state index contributed by atoms with van der Waals surface area (Å²) in [7, 11) is 0. The minimum atomic E-state index is 0.309. The summed E-state index contributed by atoms with van der Waals surface area (Å²) in [6, 6.07) is 4.04. The molecular weight excluding hydrogens is 276 g/mol. The molecule has 0 aliphatic carbocycles. The summed E-state index contributed by atoms with van der Waals surface area (Å²) in [4.78, 5) is 9.49. The summed E-state index contributed by atoms with van der Waals surface area (Å²) >= 11 is 0. The molecule has 1 N–H and O–H groups in total. The Labute approximate surface area is 131 Å². The molecule has 2 saturated heterocycles. The fourth-order valence-electron chi connectivity index (χ4n) is 3.69. The highest BCUT2D eigenvalue weighted by atomic mass is 16.5. The van der Waals surface area contributed by atoms with Gasteiger partial charge < -0.3 is 14.6 Å². The number of nitrogens with zero attached hydrogens (tertiary/aromatic N) is 3. The van der Waals surface area contributed by atoms with Gasteiger partial charge in [-0.25, -0.2) is 9.97 Å². The van der Waals surface area contributed by atoms with E-state index in [9.17, 15) is 0 Å². The van der Waals surface area contributed by atoms with E-state index in [0.29, 0.717) is 12.0 Å². The smallest absolute Gasteiger partial charge is 0.160 e. The van der Waals surface area contributed by atoms with Crippen LogP contribution in [0.25, 0.3) is 11.2 Å². The van der Waals surface area contributed by atoms with E-state index in [-0.39, 0.29) is 0 Å². The van der Waals surface area contributed by atoms with Gasteiger partial charge in [-0.2, -0.15) is 0 Å². The molecule has 4 heterocycles. The fraction of sp³-hybridized carbons (Fsp3) is 0.647. The largest absolute Gasteiger partial charge is 0.376 e. The topological polar surface area (TPSA) is 52.0 Å². The molecule has 0 radical (unpaired) electrons. The van der Waals surface area contributed by atoms with Crippen LogP contribution in [0.3, 0.4) is 0 Å². The Hall–Kier alpha value is -1.46.